The number of carbonyl (C=O) groups excluding carboxylic acids is 2. The minimum absolute atomic E-state index is 0.00422. The molecule has 2 N–H and O–H groups in total. The largest absolute Gasteiger partial charge is 0.323 e. The van der Waals surface area contributed by atoms with Crippen LogP contribution in [0, 0.1) is 6.92 Å². The molecule has 0 fully saturated rings. The van der Waals surface area contributed by atoms with Gasteiger partial charge in [-0.15, -0.1) is 0 Å². The van der Waals surface area contributed by atoms with Gasteiger partial charge in [-0.3, -0.25) is 4.79 Å². The lowest BCUT2D eigenvalue weighted by atomic mass is 10.00. The number of carbonyl (C=O) groups is 2. The van der Waals surface area contributed by atoms with Crippen LogP contribution in [0.4, 0.5) is 21.9 Å². The zero-order valence-corrected chi connectivity index (χ0v) is 16.3. The van der Waals surface area contributed by atoms with E-state index in [0.29, 0.717) is 17.8 Å². The molecule has 3 aromatic carbocycles. The van der Waals surface area contributed by atoms with Crippen LogP contribution in [0.5, 0.6) is 0 Å². The molecule has 3 amide bonds. The second kappa shape index (κ2) is 8.19. The topological polar surface area (TPSA) is 61.4 Å². The number of nitrogens with zero attached hydrogens (tertiary/aromatic N) is 1. The van der Waals surface area contributed by atoms with Crippen molar-refractivity contribution in [3.63, 3.8) is 0 Å². The molecule has 5 heteroatoms. The normalized spacial score (nSPS) is 12.8. The highest BCUT2D eigenvalue weighted by Crippen LogP contribution is 2.31. The van der Waals surface area contributed by atoms with E-state index in [0.717, 1.165) is 35.3 Å². The van der Waals surface area contributed by atoms with Crippen LogP contribution in [0.3, 0.4) is 0 Å². The van der Waals surface area contributed by atoms with Gasteiger partial charge in [-0.05, 0) is 67.3 Å². The Kier molecular flexibility index (Phi) is 5.29. The van der Waals surface area contributed by atoms with Crippen molar-refractivity contribution in [2.75, 3.05) is 22.1 Å². The van der Waals surface area contributed by atoms with E-state index in [2.05, 4.69) is 10.6 Å². The summed E-state index contributed by atoms with van der Waals surface area (Å²) in [4.78, 5) is 27.1. The molecular formula is C24H23N3O2. The van der Waals surface area contributed by atoms with Crippen LogP contribution in [-0.4, -0.2) is 18.5 Å². The van der Waals surface area contributed by atoms with Crippen molar-refractivity contribution < 1.29 is 9.59 Å². The summed E-state index contributed by atoms with van der Waals surface area (Å²) in [7, 11) is 0. The summed E-state index contributed by atoms with van der Waals surface area (Å²) in [6.45, 7) is 2.65. The Morgan fingerprint density at radius 2 is 1.66 bits per heavy atom. The molecule has 0 unspecified atom stereocenters. The van der Waals surface area contributed by atoms with Crippen molar-refractivity contribution in [3.05, 3.63) is 89.5 Å². The molecule has 0 saturated carbocycles. The Morgan fingerprint density at radius 3 is 2.45 bits per heavy atom. The Labute approximate surface area is 170 Å². The monoisotopic (exact) mass is 385 g/mol. The average Bonchev–Trinajstić information content (AvgIpc) is 2.75. The molecule has 1 aliphatic rings. The van der Waals surface area contributed by atoms with E-state index in [9.17, 15) is 9.59 Å². The number of para-hydroxylation sites is 1. The number of urea groups is 1. The Morgan fingerprint density at radius 1 is 0.897 bits per heavy atom. The first-order valence-corrected chi connectivity index (χ1v) is 9.75. The van der Waals surface area contributed by atoms with Gasteiger partial charge in [0.2, 0.25) is 0 Å². The van der Waals surface area contributed by atoms with E-state index < -0.39 is 0 Å². The molecule has 0 aromatic heterocycles. The predicted molar refractivity (Wildman–Crippen MR) is 117 cm³/mol. The molecule has 29 heavy (non-hydrogen) atoms. The predicted octanol–water partition coefficient (Wildman–Crippen LogP) is 5.23. The molecule has 0 radical (unpaired) electrons. The maximum atomic E-state index is 12.9. The fourth-order valence-corrected chi connectivity index (χ4v) is 3.62. The number of nitrogens with one attached hydrogen (secondary N) is 2. The van der Waals surface area contributed by atoms with Crippen LogP contribution in [0.1, 0.15) is 27.9 Å². The van der Waals surface area contributed by atoms with Crippen LogP contribution in [0.15, 0.2) is 72.8 Å². The molecule has 4 rings (SSSR count). The first-order chi connectivity index (χ1) is 14.1. The van der Waals surface area contributed by atoms with E-state index in [4.69, 9.17) is 0 Å². The van der Waals surface area contributed by atoms with Gasteiger partial charge in [0.25, 0.3) is 5.91 Å². The van der Waals surface area contributed by atoms with Gasteiger partial charge in [0.15, 0.2) is 0 Å². The van der Waals surface area contributed by atoms with Crippen LogP contribution < -0.4 is 15.5 Å². The smallest absolute Gasteiger partial charge is 0.308 e. The minimum Gasteiger partial charge on any atom is -0.308 e. The number of hydrogen-bond donors (Lipinski definition) is 2. The van der Waals surface area contributed by atoms with Crippen LogP contribution >= 0.6 is 0 Å². The minimum atomic E-state index is -0.285. The fourth-order valence-electron chi connectivity index (χ4n) is 3.62. The second-order valence-corrected chi connectivity index (χ2v) is 7.16. The van der Waals surface area contributed by atoms with Gasteiger partial charge in [0, 0.05) is 29.2 Å². The Balaban J connectivity index is 1.50. The van der Waals surface area contributed by atoms with Crippen molar-refractivity contribution in [1.82, 2.24) is 0 Å². The summed E-state index contributed by atoms with van der Waals surface area (Å²) in [5, 5.41) is 5.76. The summed E-state index contributed by atoms with van der Waals surface area (Å²) in [6, 6.07) is 22.4. The highest BCUT2D eigenvalue weighted by Gasteiger charge is 2.23. The van der Waals surface area contributed by atoms with Crippen molar-refractivity contribution in [3.8, 4) is 0 Å². The summed E-state index contributed by atoms with van der Waals surface area (Å²) < 4.78 is 0. The van der Waals surface area contributed by atoms with Gasteiger partial charge in [-0.1, -0.05) is 36.4 Å². The molecule has 0 aliphatic carbocycles. The maximum Gasteiger partial charge on any atom is 0.323 e. The van der Waals surface area contributed by atoms with Gasteiger partial charge < -0.3 is 15.5 Å². The lowest BCUT2D eigenvalue weighted by Crippen LogP contribution is -2.35. The van der Waals surface area contributed by atoms with Crippen molar-refractivity contribution >= 4 is 29.0 Å². The second-order valence-electron chi connectivity index (χ2n) is 7.16. The number of rotatable bonds is 3. The quantitative estimate of drug-likeness (QED) is 0.648. The van der Waals surface area contributed by atoms with Gasteiger partial charge in [0.05, 0.1) is 0 Å². The van der Waals surface area contributed by atoms with Gasteiger partial charge in [-0.25, -0.2) is 4.79 Å². The first kappa shape index (κ1) is 18.7. The molecule has 0 bridgehead atoms. The Hall–Kier alpha value is -3.60. The maximum absolute atomic E-state index is 12.9. The summed E-state index contributed by atoms with van der Waals surface area (Å²) in [5.74, 6) is 0.00422. The van der Waals surface area contributed by atoms with Gasteiger partial charge in [0.1, 0.15) is 0 Å². The van der Waals surface area contributed by atoms with Crippen molar-refractivity contribution in [2.45, 2.75) is 19.8 Å². The number of anilines is 3. The SMILES string of the molecule is Cc1ccccc1NC(=O)Nc1ccc2c(c1)CCCN2C(=O)c1ccccc1. The van der Waals surface area contributed by atoms with E-state index in [1.54, 1.807) is 0 Å². The third-order valence-corrected chi connectivity index (χ3v) is 5.12. The zero-order chi connectivity index (χ0) is 20.2. The molecule has 5 nitrogen and oxygen atoms in total. The third kappa shape index (κ3) is 4.14. The number of hydrogen-bond acceptors (Lipinski definition) is 2. The fraction of sp³-hybridized carbons (Fsp3) is 0.167. The van der Waals surface area contributed by atoms with E-state index >= 15 is 0 Å². The van der Waals surface area contributed by atoms with Gasteiger partial charge >= 0.3 is 6.03 Å². The summed E-state index contributed by atoms with van der Waals surface area (Å²) in [6.07, 6.45) is 1.77. The molecule has 1 heterocycles. The van der Waals surface area contributed by atoms with Crippen LogP contribution in [0.25, 0.3) is 0 Å². The molecule has 0 spiro atoms. The molecule has 0 atom stereocenters. The molecule has 1 aliphatic heterocycles. The van der Waals surface area contributed by atoms with Crippen LogP contribution in [0.2, 0.25) is 0 Å². The third-order valence-electron chi connectivity index (χ3n) is 5.12. The number of benzene rings is 3. The summed E-state index contributed by atoms with van der Waals surface area (Å²) in [5.41, 5.74) is 5.15. The zero-order valence-electron chi connectivity index (χ0n) is 16.3. The summed E-state index contributed by atoms with van der Waals surface area (Å²) >= 11 is 0. The van der Waals surface area contributed by atoms with E-state index in [-0.39, 0.29) is 11.9 Å². The first-order valence-electron chi connectivity index (χ1n) is 9.75. The number of amides is 3. The van der Waals surface area contributed by atoms with E-state index in [1.807, 2.05) is 84.6 Å². The highest BCUT2D eigenvalue weighted by molar-refractivity contribution is 6.07. The Bertz CT molecular complexity index is 1050. The van der Waals surface area contributed by atoms with Crippen molar-refractivity contribution in [2.24, 2.45) is 0 Å². The number of aryl methyl sites for hydroxylation is 2. The van der Waals surface area contributed by atoms with Crippen LogP contribution in [-0.2, 0) is 6.42 Å². The molecular weight excluding hydrogens is 362 g/mol. The lowest BCUT2D eigenvalue weighted by Gasteiger charge is -2.30. The van der Waals surface area contributed by atoms with E-state index in [1.165, 1.54) is 0 Å². The molecule has 3 aromatic rings. The van der Waals surface area contributed by atoms with Crippen molar-refractivity contribution in [1.29, 1.82) is 0 Å². The average molecular weight is 385 g/mol. The number of fused-ring (bicyclic) bond motifs is 1. The molecule has 0 saturated heterocycles. The van der Waals surface area contributed by atoms with Gasteiger partial charge in [-0.2, -0.15) is 0 Å². The highest BCUT2D eigenvalue weighted by atomic mass is 16.2. The lowest BCUT2D eigenvalue weighted by molar-refractivity contribution is 0.0985. The standard InChI is InChI=1S/C24H23N3O2/c1-17-8-5-6-12-21(17)26-24(29)25-20-13-14-22-19(16-20)11-7-15-27(22)23(28)18-9-3-2-4-10-18/h2-6,8-10,12-14,16H,7,11,15H2,1H3,(H2,25,26,29). The molecule has 146 valence electrons.